The van der Waals surface area contributed by atoms with Gasteiger partial charge in [-0.05, 0) is 101 Å². The first-order valence-electron chi connectivity index (χ1n) is 12.7. The Labute approximate surface area is 182 Å². The highest BCUT2D eigenvalue weighted by atomic mass is 16.5. The van der Waals surface area contributed by atoms with Crippen molar-refractivity contribution in [1.82, 2.24) is 5.32 Å². The first kappa shape index (κ1) is 19.7. The average molecular weight is 410 g/mol. The lowest BCUT2D eigenvalue weighted by atomic mass is 9.56. The molecule has 0 radical (unpaired) electrons. The van der Waals surface area contributed by atoms with Gasteiger partial charge in [0.2, 0.25) is 0 Å². The van der Waals surface area contributed by atoms with Gasteiger partial charge in [-0.2, -0.15) is 0 Å². The van der Waals surface area contributed by atoms with Crippen LogP contribution < -0.4 is 5.32 Å². The van der Waals surface area contributed by atoms with Gasteiger partial charge in [0.25, 0.3) is 0 Å². The Bertz CT molecular complexity index is 827. The molecule has 0 amide bonds. The molecule has 2 aliphatic heterocycles. The molecule has 0 aromatic carbocycles. The second kappa shape index (κ2) is 6.78. The minimum Gasteiger partial charge on any atom is -0.369 e. The molecule has 6 aliphatic rings. The first-order chi connectivity index (χ1) is 14.4. The van der Waals surface area contributed by atoms with E-state index in [1.54, 1.807) is 11.1 Å². The molecule has 3 heteroatoms. The maximum Gasteiger partial charge on any atom is 0.155 e. The standard InChI is InChI=1S/C27H39NO2/c1-16-15-27(17(2)25-24(30-27)5-4-12-28-25)11-9-20-21-7-6-18-13-19(29)8-10-26(18,3)23(21)14-22(16)20/h13,17,20-21,23-25,28H,4-12,14-15H2,1-3H3. The summed E-state index contributed by atoms with van der Waals surface area (Å²) in [6.45, 7) is 8.54. The van der Waals surface area contributed by atoms with Crippen molar-refractivity contribution in [2.24, 2.45) is 29.1 Å². The summed E-state index contributed by atoms with van der Waals surface area (Å²) >= 11 is 0. The lowest BCUT2D eigenvalue weighted by molar-refractivity contribution is -0.116. The SMILES string of the molecule is CC1=C2CC3C(CCC4=CC(=O)CCC43C)C2CCC2(C1)OC1CCCNC1C2C. The molecule has 0 aromatic heterocycles. The summed E-state index contributed by atoms with van der Waals surface area (Å²) in [4.78, 5) is 12.1. The lowest BCUT2D eigenvalue weighted by Gasteiger charge is -2.48. The van der Waals surface area contributed by atoms with Crippen LogP contribution >= 0.6 is 0 Å². The summed E-state index contributed by atoms with van der Waals surface area (Å²) in [6.07, 6.45) is 14.2. The fourth-order valence-corrected chi connectivity index (χ4v) is 8.93. The molecular formula is C27H39NO2. The highest BCUT2D eigenvalue weighted by Gasteiger charge is 2.57. The second-order valence-corrected chi connectivity index (χ2v) is 11.8. The fraction of sp³-hybridized carbons (Fsp3) is 0.815. The highest BCUT2D eigenvalue weighted by molar-refractivity contribution is 5.91. The van der Waals surface area contributed by atoms with Crippen molar-refractivity contribution in [3.8, 4) is 0 Å². The van der Waals surface area contributed by atoms with Gasteiger partial charge in [0.15, 0.2) is 5.78 Å². The average Bonchev–Trinajstić information content (AvgIpc) is 3.19. The van der Waals surface area contributed by atoms with E-state index in [2.05, 4.69) is 26.1 Å². The van der Waals surface area contributed by atoms with Gasteiger partial charge in [0.05, 0.1) is 11.7 Å². The van der Waals surface area contributed by atoms with Gasteiger partial charge < -0.3 is 10.1 Å². The zero-order valence-electron chi connectivity index (χ0n) is 19.1. The predicted octanol–water partition coefficient (Wildman–Crippen LogP) is 5.35. The van der Waals surface area contributed by atoms with Crippen molar-refractivity contribution < 1.29 is 9.53 Å². The zero-order chi connectivity index (χ0) is 20.7. The number of hydrogen-bond donors (Lipinski definition) is 1. The Morgan fingerprint density at radius 3 is 2.87 bits per heavy atom. The third-order valence-electron chi connectivity index (χ3n) is 10.6. The van der Waals surface area contributed by atoms with E-state index in [-0.39, 0.29) is 11.0 Å². The number of hydrogen-bond acceptors (Lipinski definition) is 3. The van der Waals surface area contributed by atoms with Gasteiger partial charge in [-0.3, -0.25) is 4.79 Å². The minimum atomic E-state index is 0.0600. The molecule has 4 aliphatic carbocycles. The third-order valence-corrected chi connectivity index (χ3v) is 10.6. The predicted molar refractivity (Wildman–Crippen MR) is 119 cm³/mol. The number of fused-ring (bicyclic) bond motifs is 6. The Kier molecular flexibility index (Phi) is 4.46. The molecule has 1 N–H and O–H groups in total. The molecule has 6 rings (SSSR count). The number of carbonyl (C=O) groups excluding carboxylic acids is 1. The molecule has 3 nitrogen and oxygen atoms in total. The van der Waals surface area contributed by atoms with Crippen LogP contribution in [0.4, 0.5) is 0 Å². The second-order valence-electron chi connectivity index (χ2n) is 11.8. The molecule has 2 heterocycles. The van der Waals surface area contributed by atoms with Gasteiger partial charge >= 0.3 is 0 Å². The summed E-state index contributed by atoms with van der Waals surface area (Å²) in [5.41, 5.74) is 5.25. The third kappa shape index (κ3) is 2.67. The van der Waals surface area contributed by atoms with Crippen LogP contribution in [0.25, 0.3) is 0 Å². The quantitative estimate of drug-likeness (QED) is 0.548. The Hall–Kier alpha value is -0.930. The van der Waals surface area contributed by atoms with Gasteiger partial charge in [0.1, 0.15) is 0 Å². The number of nitrogens with one attached hydrogen (secondary N) is 1. The van der Waals surface area contributed by atoms with Crippen LogP contribution in [0.2, 0.25) is 0 Å². The molecule has 8 unspecified atom stereocenters. The maximum absolute atomic E-state index is 12.1. The van der Waals surface area contributed by atoms with Crippen LogP contribution in [0, 0.1) is 29.1 Å². The van der Waals surface area contributed by atoms with Crippen LogP contribution in [-0.2, 0) is 9.53 Å². The van der Waals surface area contributed by atoms with E-state index in [4.69, 9.17) is 4.74 Å². The minimum absolute atomic E-state index is 0.0600. The zero-order valence-corrected chi connectivity index (χ0v) is 19.1. The van der Waals surface area contributed by atoms with Gasteiger partial charge in [-0.15, -0.1) is 0 Å². The molecule has 4 fully saturated rings. The monoisotopic (exact) mass is 409 g/mol. The largest absolute Gasteiger partial charge is 0.369 e. The Balaban J connectivity index is 1.31. The van der Waals surface area contributed by atoms with E-state index in [1.807, 2.05) is 6.08 Å². The van der Waals surface area contributed by atoms with E-state index < -0.39 is 0 Å². The lowest BCUT2D eigenvalue weighted by Crippen LogP contribution is -2.46. The molecule has 0 aromatic rings. The number of ketones is 1. The van der Waals surface area contributed by atoms with E-state index >= 15 is 0 Å². The molecule has 2 saturated heterocycles. The van der Waals surface area contributed by atoms with Gasteiger partial charge in [-0.1, -0.05) is 30.6 Å². The van der Waals surface area contributed by atoms with Crippen molar-refractivity contribution in [3.05, 3.63) is 22.8 Å². The Morgan fingerprint density at radius 2 is 2.03 bits per heavy atom. The molecule has 164 valence electrons. The van der Waals surface area contributed by atoms with Crippen LogP contribution in [0.15, 0.2) is 22.8 Å². The van der Waals surface area contributed by atoms with Crippen LogP contribution in [-0.4, -0.2) is 30.1 Å². The number of rotatable bonds is 0. The van der Waals surface area contributed by atoms with Gasteiger partial charge in [-0.25, -0.2) is 0 Å². The number of piperidine rings is 1. The van der Waals surface area contributed by atoms with E-state index in [0.29, 0.717) is 23.8 Å². The van der Waals surface area contributed by atoms with Crippen molar-refractivity contribution in [3.63, 3.8) is 0 Å². The van der Waals surface area contributed by atoms with E-state index in [0.717, 1.165) is 50.0 Å². The number of carbonyl (C=O) groups is 1. The van der Waals surface area contributed by atoms with Crippen molar-refractivity contribution in [2.45, 2.75) is 103 Å². The summed E-state index contributed by atoms with van der Waals surface area (Å²) in [6, 6.07) is 0.559. The molecule has 1 spiro atoms. The normalized spacial score (nSPS) is 50.5. The van der Waals surface area contributed by atoms with Crippen LogP contribution in [0.1, 0.15) is 85.0 Å². The molecule has 30 heavy (non-hydrogen) atoms. The van der Waals surface area contributed by atoms with E-state index in [1.165, 1.54) is 44.1 Å². The highest BCUT2D eigenvalue weighted by Crippen LogP contribution is 2.64. The Morgan fingerprint density at radius 1 is 1.17 bits per heavy atom. The van der Waals surface area contributed by atoms with Crippen molar-refractivity contribution >= 4 is 5.78 Å². The van der Waals surface area contributed by atoms with Crippen LogP contribution in [0.5, 0.6) is 0 Å². The summed E-state index contributed by atoms with van der Waals surface area (Å²) in [5, 5.41) is 3.80. The number of allylic oxidation sites excluding steroid dienone is 3. The van der Waals surface area contributed by atoms with Crippen molar-refractivity contribution in [1.29, 1.82) is 0 Å². The molecular weight excluding hydrogens is 370 g/mol. The summed E-state index contributed by atoms with van der Waals surface area (Å²) in [7, 11) is 0. The fourth-order valence-electron chi connectivity index (χ4n) is 8.93. The van der Waals surface area contributed by atoms with Crippen molar-refractivity contribution in [2.75, 3.05) is 6.54 Å². The molecule has 8 atom stereocenters. The summed E-state index contributed by atoms with van der Waals surface area (Å²) in [5.74, 6) is 3.30. The van der Waals surface area contributed by atoms with E-state index in [9.17, 15) is 4.79 Å². The first-order valence-corrected chi connectivity index (χ1v) is 12.7. The summed E-state index contributed by atoms with van der Waals surface area (Å²) < 4.78 is 6.93. The number of ether oxygens (including phenoxy) is 1. The van der Waals surface area contributed by atoms with Gasteiger partial charge in [0, 0.05) is 18.4 Å². The molecule has 0 bridgehead atoms. The maximum atomic E-state index is 12.1. The van der Waals surface area contributed by atoms with Crippen LogP contribution in [0.3, 0.4) is 0 Å². The smallest absolute Gasteiger partial charge is 0.155 e. The topological polar surface area (TPSA) is 38.3 Å². The molecule has 2 saturated carbocycles.